The highest BCUT2D eigenvalue weighted by Gasteiger charge is 2.44. The van der Waals surface area contributed by atoms with E-state index in [1.807, 2.05) is 6.92 Å². The molecular weight excluding hydrogens is 256 g/mol. The van der Waals surface area contributed by atoms with Gasteiger partial charge in [-0.2, -0.15) is 4.98 Å². The monoisotopic (exact) mass is 280 g/mol. The number of morpholine rings is 1. The predicted molar refractivity (Wildman–Crippen MR) is 74.0 cm³/mol. The largest absolute Gasteiger partial charge is 0.367 e. The summed E-state index contributed by atoms with van der Waals surface area (Å²) in [4.78, 5) is 6.87. The maximum Gasteiger partial charge on any atom is 0.246 e. The lowest BCUT2D eigenvalue weighted by Crippen LogP contribution is -2.42. The molecule has 2 atom stereocenters. The van der Waals surface area contributed by atoms with Crippen LogP contribution in [-0.4, -0.2) is 40.8 Å². The topological polar surface area (TPSA) is 77.4 Å². The summed E-state index contributed by atoms with van der Waals surface area (Å²) in [5.41, 5.74) is 5.81. The molecule has 1 aliphatic carbocycles. The molecule has 1 aromatic rings. The standard InChI is InChI=1S/C14H24N4O2/c1-9(2)18-6-7-19-11(8-18)12-16-13(20-17-12)14(3,15)10-4-5-10/h9-11H,4-8,15H2,1-3H3. The number of hydrogen-bond acceptors (Lipinski definition) is 6. The zero-order valence-corrected chi connectivity index (χ0v) is 12.5. The SMILES string of the molecule is CC(C)N1CCOC(c2noc(C(C)(N)C3CC3)n2)C1. The van der Waals surface area contributed by atoms with Crippen molar-refractivity contribution >= 4 is 0 Å². The molecule has 1 aromatic heterocycles. The Hall–Kier alpha value is -0.980. The van der Waals surface area contributed by atoms with Crippen LogP contribution in [0.3, 0.4) is 0 Å². The van der Waals surface area contributed by atoms with Crippen LogP contribution >= 0.6 is 0 Å². The van der Waals surface area contributed by atoms with Crippen LogP contribution in [0.2, 0.25) is 0 Å². The maximum atomic E-state index is 6.31. The van der Waals surface area contributed by atoms with Gasteiger partial charge in [0, 0.05) is 19.1 Å². The van der Waals surface area contributed by atoms with Crippen LogP contribution in [0.25, 0.3) is 0 Å². The van der Waals surface area contributed by atoms with E-state index in [9.17, 15) is 0 Å². The van der Waals surface area contributed by atoms with Gasteiger partial charge in [-0.1, -0.05) is 5.16 Å². The second-order valence-corrected chi connectivity index (χ2v) is 6.46. The molecule has 2 unspecified atom stereocenters. The molecule has 6 nitrogen and oxygen atoms in total. The van der Waals surface area contributed by atoms with Crippen molar-refractivity contribution in [1.82, 2.24) is 15.0 Å². The van der Waals surface area contributed by atoms with E-state index < -0.39 is 5.54 Å². The second kappa shape index (κ2) is 5.09. The number of nitrogens with two attached hydrogens (primary N) is 1. The molecule has 0 radical (unpaired) electrons. The zero-order chi connectivity index (χ0) is 14.3. The lowest BCUT2D eigenvalue weighted by Gasteiger charge is -2.34. The Morgan fingerprint density at radius 2 is 2.15 bits per heavy atom. The normalized spacial score (nSPS) is 27.8. The highest BCUT2D eigenvalue weighted by Crippen LogP contribution is 2.43. The van der Waals surface area contributed by atoms with Gasteiger partial charge in [0.15, 0.2) is 0 Å². The van der Waals surface area contributed by atoms with Gasteiger partial charge in [0.2, 0.25) is 11.7 Å². The first-order valence-electron chi connectivity index (χ1n) is 7.47. The number of aromatic nitrogens is 2. The summed E-state index contributed by atoms with van der Waals surface area (Å²) >= 11 is 0. The Kier molecular flexibility index (Phi) is 3.56. The van der Waals surface area contributed by atoms with Crippen molar-refractivity contribution in [2.45, 2.75) is 51.3 Å². The maximum absolute atomic E-state index is 6.31. The van der Waals surface area contributed by atoms with Crippen molar-refractivity contribution in [3.63, 3.8) is 0 Å². The fourth-order valence-corrected chi connectivity index (χ4v) is 2.74. The van der Waals surface area contributed by atoms with E-state index in [1.165, 1.54) is 0 Å². The third-order valence-corrected chi connectivity index (χ3v) is 4.44. The Balaban J connectivity index is 1.73. The summed E-state index contributed by atoms with van der Waals surface area (Å²) in [7, 11) is 0. The van der Waals surface area contributed by atoms with Gasteiger partial charge in [-0.25, -0.2) is 0 Å². The average molecular weight is 280 g/mol. The van der Waals surface area contributed by atoms with Gasteiger partial charge in [0.1, 0.15) is 6.10 Å². The molecule has 0 aromatic carbocycles. The third-order valence-electron chi connectivity index (χ3n) is 4.44. The van der Waals surface area contributed by atoms with Crippen LogP contribution < -0.4 is 5.73 Å². The van der Waals surface area contributed by atoms with Gasteiger partial charge in [-0.05, 0) is 39.5 Å². The molecule has 1 saturated heterocycles. The molecule has 1 aliphatic heterocycles. The van der Waals surface area contributed by atoms with E-state index in [2.05, 4.69) is 28.9 Å². The van der Waals surface area contributed by atoms with E-state index >= 15 is 0 Å². The van der Waals surface area contributed by atoms with Crippen molar-refractivity contribution in [1.29, 1.82) is 0 Å². The molecule has 20 heavy (non-hydrogen) atoms. The van der Waals surface area contributed by atoms with Gasteiger partial charge in [0.05, 0.1) is 12.1 Å². The first-order chi connectivity index (χ1) is 9.48. The molecule has 112 valence electrons. The summed E-state index contributed by atoms with van der Waals surface area (Å²) in [6.07, 6.45) is 2.18. The second-order valence-electron chi connectivity index (χ2n) is 6.46. The van der Waals surface area contributed by atoms with Crippen molar-refractivity contribution in [2.75, 3.05) is 19.7 Å². The smallest absolute Gasteiger partial charge is 0.246 e. The molecular formula is C14H24N4O2. The highest BCUT2D eigenvalue weighted by atomic mass is 16.5. The van der Waals surface area contributed by atoms with E-state index in [0.717, 1.165) is 25.9 Å². The van der Waals surface area contributed by atoms with Gasteiger partial charge >= 0.3 is 0 Å². The van der Waals surface area contributed by atoms with Crippen LogP contribution in [0.4, 0.5) is 0 Å². The fourth-order valence-electron chi connectivity index (χ4n) is 2.74. The molecule has 0 amide bonds. The number of nitrogens with zero attached hydrogens (tertiary/aromatic N) is 3. The quantitative estimate of drug-likeness (QED) is 0.899. The average Bonchev–Trinajstić information content (AvgIpc) is 3.17. The van der Waals surface area contributed by atoms with Gasteiger partial charge in [-0.3, -0.25) is 4.90 Å². The zero-order valence-electron chi connectivity index (χ0n) is 12.5. The Labute approximate surface area is 119 Å². The van der Waals surface area contributed by atoms with E-state index in [-0.39, 0.29) is 6.10 Å². The van der Waals surface area contributed by atoms with Gasteiger partial charge < -0.3 is 15.0 Å². The van der Waals surface area contributed by atoms with Crippen LogP contribution in [-0.2, 0) is 10.3 Å². The molecule has 2 heterocycles. The molecule has 0 bridgehead atoms. The van der Waals surface area contributed by atoms with Gasteiger partial charge in [-0.15, -0.1) is 0 Å². The minimum absolute atomic E-state index is 0.112. The lowest BCUT2D eigenvalue weighted by molar-refractivity contribution is -0.0450. The first kappa shape index (κ1) is 14.0. The van der Waals surface area contributed by atoms with Crippen LogP contribution in [0.5, 0.6) is 0 Å². The summed E-state index contributed by atoms with van der Waals surface area (Å²) < 4.78 is 11.2. The van der Waals surface area contributed by atoms with Crippen molar-refractivity contribution in [3.05, 3.63) is 11.7 Å². The summed E-state index contributed by atoms with van der Waals surface area (Å²) in [6.45, 7) is 8.82. The summed E-state index contributed by atoms with van der Waals surface area (Å²) in [5, 5.41) is 4.09. The minimum atomic E-state index is -0.502. The molecule has 2 fully saturated rings. The van der Waals surface area contributed by atoms with Crippen molar-refractivity contribution in [3.8, 4) is 0 Å². The van der Waals surface area contributed by atoms with Crippen LogP contribution in [0, 0.1) is 5.92 Å². The minimum Gasteiger partial charge on any atom is -0.367 e. The molecule has 3 rings (SSSR count). The highest BCUT2D eigenvalue weighted by molar-refractivity contribution is 5.08. The first-order valence-corrected chi connectivity index (χ1v) is 7.47. The van der Waals surface area contributed by atoms with Crippen molar-refractivity contribution < 1.29 is 9.26 Å². The predicted octanol–water partition coefficient (Wildman–Crippen LogP) is 1.44. The van der Waals surface area contributed by atoms with E-state index in [0.29, 0.717) is 30.3 Å². The summed E-state index contributed by atoms with van der Waals surface area (Å²) in [6, 6.07) is 0.499. The van der Waals surface area contributed by atoms with E-state index in [4.69, 9.17) is 15.0 Å². The lowest BCUT2D eigenvalue weighted by atomic mass is 9.97. The molecule has 0 spiro atoms. The van der Waals surface area contributed by atoms with Crippen molar-refractivity contribution in [2.24, 2.45) is 11.7 Å². The van der Waals surface area contributed by atoms with Crippen LogP contribution in [0.15, 0.2) is 4.52 Å². The molecule has 2 aliphatic rings. The Morgan fingerprint density at radius 1 is 1.40 bits per heavy atom. The Bertz CT molecular complexity index is 467. The number of hydrogen-bond donors (Lipinski definition) is 1. The van der Waals surface area contributed by atoms with Crippen LogP contribution in [0.1, 0.15) is 51.4 Å². The number of rotatable bonds is 4. The molecule has 1 saturated carbocycles. The Morgan fingerprint density at radius 3 is 2.80 bits per heavy atom. The summed E-state index contributed by atoms with van der Waals surface area (Å²) in [5.74, 6) is 1.64. The number of ether oxygens (including phenoxy) is 1. The fraction of sp³-hybridized carbons (Fsp3) is 0.857. The van der Waals surface area contributed by atoms with E-state index in [1.54, 1.807) is 0 Å². The third kappa shape index (κ3) is 2.60. The van der Waals surface area contributed by atoms with Gasteiger partial charge in [0.25, 0.3) is 0 Å². The molecule has 6 heteroatoms. The molecule has 2 N–H and O–H groups in total.